The molecule has 0 amide bonds. The van der Waals surface area contributed by atoms with Gasteiger partial charge in [-0.25, -0.2) is 4.98 Å². The van der Waals surface area contributed by atoms with Gasteiger partial charge in [0.2, 0.25) is 5.78 Å². The average Bonchev–Trinajstić information content (AvgIpc) is 2.53. The van der Waals surface area contributed by atoms with Crippen molar-refractivity contribution in [2.24, 2.45) is 0 Å². The zero-order valence-electron chi connectivity index (χ0n) is 6.24. The van der Waals surface area contributed by atoms with E-state index in [-0.39, 0.29) is 11.6 Å². The number of hydrogen-bond acceptors (Lipinski definition) is 3. The van der Waals surface area contributed by atoms with E-state index in [9.17, 15) is 4.79 Å². The molecule has 0 aliphatic rings. The second-order valence-electron chi connectivity index (χ2n) is 2.23. The summed E-state index contributed by atoms with van der Waals surface area (Å²) in [5, 5.41) is 9.09. The number of carbonyl (C=O) groups excluding carboxylic acids is 1. The first kappa shape index (κ1) is 7.94. The summed E-state index contributed by atoms with van der Waals surface area (Å²) in [5.41, 5.74) is 0. The molecule has 60 valence electrons. The normalized spacial score (nSPS) is 12.9. The third kappa shape index (κ3) is 1.65. The van der Waals surface area contributed by atoms with Crippen molar-refractivity contribution in [3.8, 4) is 0 Å². The fourth-order valence-corrected chi connectivity index (χ4v) is 0.743. The van der Waals surface area contributed by atoms with E-state index in [1.54, 1.807) is 13.1 Å². The third-order valence-corrected chi connectivity index (χ3v) is 1.42. The standard InChI is InChI=1S/C7H10N2O2/c1-2-5(10)6(11)7-8-3-4-9-7/h3-5,10H,2H2,1H3,(H,8,9). The van der Waals surface area contributed by atoms with Gasteiger partial charge in [-0.05, 0) is 6.42 Å². The lowest BCUT2D eigenvalue weighted by atomic mass is 10.2. The van der Waals surface area contributed by atoms with Crippen LogP contribution in [0.1, 0.15) is 24.0 Å². The number of rotatable bonds is 3. The molecule has 0 fully saturated rings. The minimum atomic E-state index is -0.929. The summed E-state index contributed by atoms with van der Waals surface area (Å²) >= 11 is 0. The number of nitrogens with zero attached hydrogens (tertiary/aromatic N) is 1. The smallest absolute Gasteiger partial charge is 0.226 e. The number of imidazole rings is 1. The molecule has 0 aromatic carbocycles. The van der Waals surface area contributed by atoms with Gasteiger partial charge in [-0.2, -0.15) is 0 Å². The van der Waals surface area contributed by atoms with Crippen LogP contribution < -0.4 is 0 Å². The number of aromatic amines is 1. The van der Waals surface area contributed by atoms with Crippen molar-refractivity contribution in [1.29, 1.82) is 0 Å². The first-order valence-electron chi connectivity index (χ1n) is 3.47. The SMILES string of the molecule is CCC(O)C(=O)c1ncc[nH]1. The van der Waals surface area contributed by atoms with Gasteiger partial charge in [0.25, 0.3) is 0 Å². The molecule has 1 atom stereocenters. The topological polar surface area (TPSA) is 66.0 Å². The van der Waals surface area contributed by atoms with Crippen LogP contribution in [0.25, 0.3) is 0 Å². The molecule has 11 heavy (non-hydrogen) atoms. The molecule has 0 saturated carbocycles. The summed E-state index contributed by atoms with van der Waals surface area (Å²) in [6, 6.07) is 0. The Kier molecular flexibility index (Phi) is 2.38. The molecule has 4 nitrogen and oxygen atoms in total. The van der Waals surface area contributed by atoms with Gasteiger partial charge >= 0.3 is 0 Å². The summed E-state index contributed by atoms with van der Waals surface area (Å²) in [5.74, 6) is -0.128. The van der Waals surface area contributed by atoms with Gasteiger partial charge < -0.3 is 10.1 Å². The van der Waals surface area contributed by atoms with Crippen molar-refractivity contribution >= 4 is 5.78 Å². The van der Waals surface area contributed by atoms with Crippen LogP contribution in [0.4, 0.5) is 0 Å². The van der Waals surface area contributed by atoms with Crippen LogP contribution in [0.5, 0.6) is 0 Å². The minimum Gasteiger partial charge on any atom is -0.385 e. The molecule has 4 heteroatoms. The largest absolute Gasteiger partial charge is 0.385 e. The van der Waals surface area contributed by atoms with Crippen LogP contribution in [0, 0.1) is 0 Å². The van der Waals surface area contributed by atoms with Gasteiger partial charge in [0.1, 0.15) is 6.10 Å². The molecule has 0 radical (unpaired) electrons. The summed E-state index contributed by atoms with van der Waals surface area (Å²) < 4.78 is 0. The Morgan fingerprint density at radius 1 is 1.91 bits per heavy atom. The van der Waals surface area contributed by atoms with E-state index < -0.39 is 6.10 Å². The lowest BCUT2D eigenvalue weighted by molar-refractivity contribution is 0.0730. The maximum atomic E-state index is 11.1. The summed E-state index contributed by atoms with van der Waals surface area (Å²) in [6.45, 7) is 1.74. The summed E-state index contributed by atoms with van der Waals surface area (Å²) in [6.07, 6.45) is 2.52. The van der Waals surface area contributed by atoms with Crippen LogP contribution in [-0.2, 0) is 0 Å². The minimum absolute atomic E-state index is 0.222. The number of ketones is 1. The van der Waals surface area contributed by atoms with Crippen molar-refractivity contribution in [2.75, 3.05) is 0 Å². The maximum Gasteiger partial charge on any atom is 0.226 e. The Balaban J connectivity index is 2.70. The number of aliphatic hydroxyl groups is 1. The number of aliphatic hydroxyl groups excluding tert-OH is 1. The van der Waals surface area contributed by atoms with Crippen LogP contribution in [0.2, 0.25) is 0 Å². The molecule has 1 aromatic rings. The highest BCUT2D eigenvalue weighted by atomic mass is 16.3. The number of Topliss-reactive ketones (excluding diaryl/α,β-unsaturated/α-hetero) is 1. The Labute approximate surface area is 64.3 Å². The highest BCUT2D eigenvalue weighted by Gasteiger charge is 2.16. The van der Waals surface area contributed by atoms with Crippen molar-refractivity contribution in [3.05, 3.63) is 18.2 Å². The fourth-order valence-electron chi connectivity index (χ4n) is 0.743. The van der Waals surface area contributed by atoms with Gasteiger partial charge in [0.15, 0.2) is 5.82 Å². The monoisotopic (exact) mass is 154 g/mol. The number of nitrogens with one attached hydrogen (secondary N) is 1. The second kappa shape index (κ2) is 3.30. The Morgan fingerprint density at radius 3 is 3.09 bits per heavy atom. The number of carbonyl (C=O) groups is 1. The molecule has 0 saturated heterocycles. The number of aromatic nitrogens is 2. The molecule has 0 bridgehead atoms. The molecule has 2 N–H and O–H groups in total. The highest BCUT2D eigenvalue weighted by Crippen LogP contribution is 1.99. The molecule has 1 unspecified atom stereocenters. The first-order chi connectivity index (χ1) is 5.25. The Morgan fingerprint density at radius 2 is 2.64 bits per heavy atom. The van der Waals surface area contributed by atoms with Crippen LogP contribution in [0.15, 0.2) is 12.4 Å². The molecule has 0 spiro atoms. The zero-order valence-corrected chi connectivity index (χ0v) is 6.24. The van der Waals surface area contributed by atoms with E-state index in [1.807, 2.05) is 0 Å². The predicted molar refractivity (Wildman–Crippen MR) is 39.2 cm³/mol. The Bertz CT molecular complexity index is 231. The number of hydrogen-bond donors (Lipinski definition) is 2. The third-order valence-electron chi connectivity index (χ3n) is 1.42. The zero-order chi connectivity index (χ0) is 8.27. The molecule has 0 aliphatic carbocycles. The van der Waals surface area contributed by atoms with Crippen molar-refractivity contribution in [3.63, 3.8) is 0 Å². The van der Waals surface area contributed by atoms with E-state index >= 15 is 0 Å². The van der Waals surface area contributed by atoms with Gasteiger partial charge in [0, 0.05) is 12.4 Å². The summed E-state index contributed by atoms with van der Waals surface area (Å²) in [4.78, 5) is 17.4. The van der Waals surface area contributed by atoms with E-state index in [0.717, 1.165) is 0 Å². The molecule has 0 aliphatic heterocycles. The van der Waals surface area contributed by atoms with Gasteiger partial charge in [0.05, 0.1) is 0 Å². The van der Waals surface area contributed by atoms with Crippen molar-refractivity contribution < 1.29 is 9.90 Å². The van der Waals surface area contributed by atoms with Crippen LogP contribution in [-0.4, -0.2) is 27.0 Å². The second-order valence-corrected chi connectivity index (χ2v) is 2.23. The van der Waals surface area contributed by atoms with Crippen molar-refractivity contribution in [1.82, 2.24) is 9.97 Å². The average molecular weight is 154 g/mol. The van der Waals surface area contributed by atoms with Crippen molar-refractivity contribution in [2.45, 2.75) is 19.4 Å². The van der Waals surface area contributed by atoms with E-state index in [2.05, 4.69) is 9.97 Å². The van der Waals surface area contributed by atoms with E-state index in [1.165, 1.54) is 6.20 Å². The van der Waals surface area contributed by atoms with Crippen LogP contribution >= 0.6 is 0 Å². The van der Waals surface area contributed by atoms with E-state index in [4.69, 9.17) is 5.11 Å². The Hall–Kier alpha value is -1.16. The van der Waals surface area contributed by atoms with E-state index in [0.29, 0.717) is 6.42 Å². The fraction of sp³-hybridized carbons (Fsp3) is 0.429. The van der Waals surface area contributed by atoms with Gasteiger partial charge in [-0.1, -0.05) is 6.92 Å². The van der Waals surface area contributed by atoms with Gasteiger partial charge in [-0.3, -0.25) is 4.79 Å². The number of H-pyrrole nitrogens is 1. The quantitative estimate of drug-likeness (QED) is 0.618. The maximum absolute atomic E-state index is 11.1. The summed E-state index contributed by atoms with van der Waals surface area (Å²) in [7, 11) is 0. The molecule has 1 aromatic heterocycles. The lowest BCUT2D eigenvalue weighted by Gasteiger charge is -2.01. The van der Waals surface area contributed by atoms with Gasteiger partial charge in [-0.15, -0.1) is 0 Å². The van der Waals surface area contributed by atoms with Crippen LogP contribution in [0.3, 0.4) is 0 Å². The molecular weight excluding hydrogens is 144 g/mol. The molecule has 1 heterocycles. The first-order valence-corrected chi connectivity index (χ1v) is 3.47. The molecule has 1 rings (SSSR count). The highest BCUT2D eigenvalue weighted by molar-refractivity contribution is 5.95. The molecular formula is C7H10N2O2. The predicted octanol–water partition coefficient (Wildman–Crippen LogP) is 0.363. The lowest BCUT2D eigenvalue weighted by Crippen LogP contribution is -2.20.